The molecule has 0 spiro atoms. The average Bonchev–Trinajstić information content (AvgIpc) is 3.43. The molecule has 1 unspecified atom stereocenters. The summed E-state index contributed by atoms with van der Waals surface area (Å²) in [6, 6.07) is 7.12. The summed E-state index contributed by atoms with van der Waals surface area (Å²) in [5, 5.41) is 0. The van der Waals surface area contributed by atoms with E-state index in [4.69, 9.17) is 0 Å². The maximum atomic E-state index is 13.2. The first-order valence-electron chi connectivity index (χ1n) is 9.94. The van der Waals surface area contributed by atoms with Crippen LogP contribution in [0.3, 0.4) is 0 Å². The summed E-state index contributed by atoms with van der Waals surface area (Å²) in [5.74, 6) is 1.38. The first kappa shape index (κ1) is 19.3. The highest BCUT2D eigenvalue weighted by Gasteiger charge is 2.43. The number of hydrogen-bond donors (Lipinski definition) is 0. The molecule has 4 rings (SSSR count). The number of thioether (sulfide) groups is 1. The molecule has 1 amide bonds. The number of sulfonamides is 1. The van der Waals surface area contributed by atoms with Gasteiger partial charge in [0.2, 0.25) is 15.9 Å². The lowest BCUT2D eigenvalue weighted by atomic mass is 9.84. The van der Waals surface area contributed by atoms with Crippen LogP contribution in [0.1, 0.15) is 56.4 Å². The van der Waals surface area contributed by atoms with Crippen LogP contribution >= 0.6 is 11.8 Å². The zero-order valence-corrected chi connectivity index (χ0v) is 17.5. The molecule has 2 saturated carbocycles. The smallest absolute Gasteiger partial charge is 0.244 e. The Hall–Kier alpha value is -1.05. The molecule has 0 aromatic heterocycles. The highest BCUT2D eigenvalue weighted by molar-refractivity contribution is 8.00. The van der Waals surface area contributed by atoms with E-state index in [1.54, 1.807) is 24.1 Å². The SMILES string of the molecule is CN(C(=O)C1CSCN1S(=O)(=O)c1ccc(C2CCCCC2)cc1)C1CC1. The second kappa shape index (κ2) is 7.76. The molecule has 27 heavy (non-hydrogen) atoms. The fourth-order valence-corrected chi connectivity index (χ4v) is 7.35. The Morgan fingerprint density at radius 2 is 1.74 bits per heavy atom. The minimum Gasteiger partial charge on any atom is -0.341 e. The van der Waals surface area contributed by atoms with E-state index in [0.29, 0.717) is 28.5 Å². The monoisotopic (exact) mass is 408 g/mol. The summed E-state index contributed by atoms with van der Waals surface area (Å²) in [4.78, 5) is 14.8. The first-order valence-corrected chi connectivity index (χ1v) is 12.5. The Labute approximate surface area is 166 Å². The third-order valence-corrected chi connectivity index (χ3v) is 9.18. The molecule has 148 valence electrons. The summed E-state index contributed by atoms with van der Waals surface area (Å²) in [6.07, 6.45) is 8.26. The molecule has 1 heterocycles. The Balaban J connectivity index is 1.52. The van der Waals surface area contributed by atoms with Crippen LogP contribution in [0, 0.1) is 0 Å². The van der Waals surface area contributed by atoms with Crippen molar-refractivity contribution in [3.63, 3.8) is 0 Å². The van der Waals surface area contributed by atoms with Crippen LogP contribution in [0.2, 0.25) is 0 Å². The highest BCUT2D eigenvalue weighted by Crippen LogP contribution is 2.35. The van der Waals surface area contributed by atoms with Crippen molar-refractivity contribution in [2.75, 3.05) is 18.7 Å². The number of hydrogen-bond acceptors (Lipinski definition) is 4. The van der Waals surface area contributed by atoms with Crippen LogP contribution in [0.5, 0.6) is 0 Å². The Bertz CT molecular complexity index is 784. The van der Waals surface area contributed by atoms with Gasteiger partial charge in [-0.2, -0.15) is 4.31 Å². The zero-order valence-electron chi connectivity index (χ0n) is 15.8. The van der Waals surface area contributed by atoms with Crippen molar-refractivity contribution in [1.82, 2.24) is 9.21 Å². The van der Waals surface area contributed by atoms with E-state index in [2.05, 4.69) is 0 Å². The van der Waals surface area contributed by atoms with Gasteiger partial charge in [0.05, 0.1) is 10.8 Å². The van der Waals surface area contributed by atoms with Gasteiger partial charge >= 0.3 is 0 Å². The van der Waals surface area contributed by atoms with E-state index >= 15 is 0 Å². The molecule has 0 radical (unpaired) electrons. The molecule has 1 aromatic rings. The van der Waals surface area contributed by atoms with E-state index in [-0.39, 0.29) is 5.91 Å². The minimum absolute atomic E-state index is 0.0649. The first-order chi connectivity index (χ1) is 13.0. The van der Waals surface area contributed by atoms with Crippen molar-refractivity contribution in [3.05, 3.63) is 29.8 Å². The van der Waals surface area contributed by atoms with Crippen LogP contribution in [0.4, 0.5) is 0 Å². The van der Waals surface area contributed by atoms with Crippen molar-refractivity contribution in [3.8, 4) is 0 Å². The quantitative estimate of drug-likeness (QED) is 0.749. The highest BCUT2D eigenvalue weighted by atomic mass is 32.2. The van der Waals surface area contributed by atoms with Crippen LogP contribution in [-0.2, 0) is 14.8 Å². The summed E-state index contributed by atoms with van der Waals surface area (Å²) >= 11 is 1.51. The summed E-state index contributed by atoms with van der Waals surface area (Å²) in [6.45, 7) is 0. The second-order valence-corrected chi connectivity index (χ2v) is 10.9. The standard InChI is InChI=1S/C20H28N2O3S2/c1-21(17-9-10-17)20(23)19-13-26-14-22(19)27(24,25)18-11-7-16(8-12-18)15-5-3-2-4-6-15/h7-8,11-12,15,17,19H,2-6,9-10,13-14H2,1H3. The summed E-state index contributed by atoms with van der Waals surface area (Å²) in [5.41, 5.74) is 1.24. The van der Waals surface area contributed by atoms with Crippen LogP contribution < -0.4 is 0 Å². The van der Waals surface area contributed by atoms with E-state index in [1.165, 1.54) is 53.7 Å². The van der Waals surface area contributed by atoms with Crippen LogP contribution in [-0.4, -0.2) is 54.3 Å². The Morgan fingerprint density at radius 3 is 2.37 bits per heavy atom. The fourth-order valence-electron chi connectivity index (χ4n) is 4.22. The maximum absolute atomic E-state index is 13.2. The van der Waals surface area contributed by atoms with Gasteiger partial charge in [-0.1, -0.05) is 31.4 Å². The lowest BCUT2D eigenvalue weighted by Crippen LogP contribution is -2.48. The molecule has 1 saturated heterocycles. The summed E-state index contributed by atoms with van der Waals surface area (Å²) < 4.78 is 27.8. The number of carbonyl (C=O) groups is 1. The maximum Gasteiger partial charge on any atom is 0.244 e. The number of nitrogens with zero attached hydrogens (tertiary/aromatic N) is 2. The largest absolute Gasteiger partial charge is 0.341 e. The number of likely N-dealkylation sites (N-methyl/N-ethyl adjacent to an activating group) is 1. The predicted molar refractivity (Wildman–Crippen MR) is 108 cm³/mol. The third-order valence-electron chi connectivity index (χ3n) is 6.13. The van der Waals surface area contributed by atoms with Crippen LogP contribution in [0.25, 0.3) is 0 Å². The lowest BCUT2D eigenvalue weighted by Gasteiger charge is -2.27. The predicted octanol–water partition coefficient (Wildman–Crippen LogP) is 3.42. The molecule has 0 bridgehead atoms. The molecule has 1 aromatic carbocycles. The molecular formula is C20H28N2O3S2. The number of carbonyl (C=O) groups excluding carboxylic acids is 1. The van der Waals surface area contributed by atoms with Crippen molar-refractivity contribution >= 4 is 27.7 Å². The molecule has 7 heteroatoms. The topological polar surface area (TPSA) is 57.7 Å². The van der Waals surface area contributed by atoms with Gasteiger partial charge in [-0.3, -0.25) is 4.79 Å². The van der Waals surface area contributed by atoms with Crippen molar-refractivity contribution in [1.29, 1.82) is 0 Å². The molecule has 2 aliphatic carbocycles. The van der Waals surface area contributed by atoms with Gasteiger partial charge < -0.3 is 4.90 Å². The van der Waals surface area contributed by atoms with Gasteiger partial charge in [-0.15, -0.1) is 11.8 Å². The molecule has 3 fully saturated rings. The third kappa shape index (κ3) is 3.91. The van der Waals surface area contributed by atoms with E-state index < -0.39 is 16.1 Å². The lowest BCUT2D eigenvalue weighted by molar-refractivity contribution is -0.133. The van der Waals surface area contributed by atoms with E-state index in [9.17, 15) is 13.2 Å². The molecule has 0 N–H and O–H groups in total. The molecule has 5 nitrogen and oxygen atoms in total. The van der Waals surface area contributed by atoms with Gasteiger partial charge in [-0.05, 0) is 49.3 Å². The Kier molecular flexibility index (Phi) is 5.54. The number of rotatable bonds is 5. The molecule has 1 aliphatic heterocycles. The number of amides is 1. The van der Waals surface area contributed by atoms with Gasteiger partial charge in [0, 0.05) is 18.8 Å². The van der Waals surface area contributed by atoms with Gasteiger partial charge in [-0.25, -0.2) is 8.42 Å². The number of benzene rings is 1. The second-order valence-electron chi connectivity index (χ2n) is 7.99. The Morgan fingerprint density at radius 1 is 1.07 bits per heavy atom. The average molecular weight is 409 g/mol. The van der Waals surface area contributed by atoms with Crippen molar-refractivity contribution in [2.45, 2.75) is 67.8 Å². The normalized spacial score (nSPS) is 24.9. The van der Waals surface area contributed by atoms with Gasteiger partial charge in [0.25, 0.3) is 0 Å². The van der Waals surface area contributed by atoms with E-state index in [1.807, 2.05) is 12.1 Å². The summed E-state index contributed by atoms with van der Waals surface area (Å²) in [7, 11) is -1.86. The van der Waals surface area contributed by atoms with Gasteiger partial charge in [0.15, 0.2) is 0 Å². The fraction of sp³-hybridized carbons (Fsp3) is 0.650. The zero-order chi connectivity index (χ0) is 19.0. The van der Waals surface area contributed by atoms with Crippen molar-refractivity contribution in [2.24, 2.45) is 0 Å². The van der Waals surface area contributed by atoms with Crippen LogP contribution in [0.15, 0.2) is 29.2 Å². The van der Waals surface area contributed by atoms with Crippen molar-refractivity contribution < 1.29 is 13.2 Å². The molecule has 3 aliphatic rings. The molecule has 1 atom stereocenters. The van der Waals surface area contributed by atoms with E-state index in [0.717, 1.165) is 12.8 Å². The van der Waals surface area contributed by atoms with Gasteiger partial charge in [0.1, 0.15) is 6.04 Å². The minimum atomic E-state index is -3.65. The molecular weight excluding hydrogens is 380 g/mol.